The topological polar surface area (TPSA) is 743 Å². The predicted molar refractivity (Wildman–Crippen MR) is 574 cm³/mol. The summed E-state index contributed by atoms with van der Waals surface area (Å²) in [6.07, 6.45) is 20.2. The van der Waals surface area contributed by atoms with Gasteiger partial charge >= 0.3 is 5.97 Å². The molecule has 0 aliphatic carbocycles. The molecule has 147 heavy (non-hydrogen) atoms. The van der Waals surface area contributed by atoms with E-state index in [4.69, 9.17) is 51.6 Å². The molecule has 15 atom stereocenters. The molecule has 0 aliphatic rings. The second-order valence-electron chi connectivity index (χ2n) is 39.5. The molecule has 0 heterocycles. The van der Waals surface area contributed by atoms with Crippen LogP contribution in [0.3, 0.4) is 0 Å². The average Bonchev–Trinajstić information content (AvgIpc) is 0.846. The number of unbranched alkanes of at least 4 members (excludes halogenated alkanes) is 15. The number of hydrogen-bond donors (Lipinski definition) is 21. The number of aromatic hydroxyl groups is 1. The van der Waals surface area contributed by atoms with Crippen molar-refractivity contribution in [2.24, 2.45) is 115 Å². The van der Waals surface area contributed by atoms with Crippen LogP contribution in [0.1, 0.15) is 324 Å². The summed E-state index contributed by atoms with van der Waals surface area (Å²) in [7, 11) is 0. The molecule has 1 rings (SSSR count). The van der Waals surface area contributed by atoms with E-state index < -0.39 is 217 Å². The Labute approximate surface area is 879 Å². The van der Waals surface area contributed by atoms with Gasteiger partial charge in [0.1, 0.15) is 23.9 Å². The minimum absolute atomic E-state index is 0.00297. The number of primary amides is 2. The Morgan fingerprint density at radius 1 is 0.388 bits per heavy atom. The van der Waals surface area contributed by atoms with E-state index in [1.165, 1.54) is 119 Å². The Bertz CT molecular complexity index is 4180. The molecule has 0 fully saturated rings. The molecule has 0 radical (unpaired) electrons. The van der Waals surface area contributed by atoms with E-state index >= 15 is 0 Å². The van der Waals surface area contributed by atoms with Gasteiger partial charge < -0.3 is 115 Å². The molecule has 0 saturated carbocycles. The number of aliphatic hydroxyl groups is 2. The van der Waals surface area contributed by atoms with E-state index in [0.717, 1.165) is 25.7 Å². The number of phenolic OH excluding ortho intramolecular Hbond substituents is 1. The number of hydrogen-bond acceptors (Lipinski definition) is 28. The van der Waals surface area contributed by atoms with Crippen molar-refractivity contribution in [2.45, 2.75) is 373 Å². The smallest absolute Gasteiger partial charge is 0.304 e. The Hall–Kier alpha value is -10.1. The number of aliphatic imine (C=N–C) groups is 2. The third kappa shape index (κ3) is 64.8. The Morgan fingerprint density at radius 3 is 1.24 bits per heavy atom. The number of guanidine groups is 2. The fourth-order valence-corrected chi connectivity index (χ4v) is 17.9. The maximum atomic E-state index is 14.5. The number of rotatable bonds is 89. The number of nitrogens with two attached hydrogens (primary N) is 9. The summed E-state index contributed by atoms with van der Waals surface area (Å²) in [5, 5.41) is 62.5. The Kier molecular flexibility index (Phi) is 76.2. The van der Waals surface area contributed by atoms with Crippen LogP contribution in [-0.2, 0) is 92.7 Å². The molecule has 41 nitrogen and oxygen atoms in total. The number of aliphatic carboxylic acids is 1. The van der Waals surface area contributed by atoms with Gasteiger partial charge in [0.05, 0.1) is 55.8 Å². The van der Waals surface area contributed by atoms with Crippen molar-refractivity contribution in [3.8, 4) is 5.75 Å². The molecule has 0 aromatic heterocycles. The number of carbonyl (C=O) groups is 18. The number of ketones is 7. The molecule has 43 heteroatoms. The van der Waals surface area contributed by atoms with Gasteiger partial charge in [-0.1, -0.05) is 137 Å². The van der Waals surface area contributed by atoms with Crippen LogP contribution in [0.25, 0.3) is 0 Å². The fourth-order valence-electron chi connectivity index (χ4n) is 17.0. The zero-order valence-electron chi connectivity index (χ0n) is 89.2. The number of phenols is 1. The number of Topliss-reactive ketones (excluding diaryl/α,β-unsaturated/α-hetero) is 7. The number of nitrogens with one attached hydrogen (secondary N) is 8. The van der Waals surface area contributed by atoms with Crippen molar-refractivity contribution in [1.82, 2.24) is 42.5 Å². The first-order valence-corrected chi connectivity index (χ1v) is 55.7. The van der Waals surface area contributed by atoms with E-state index in [9.17, 15) is 107 Å². The van der Waals surface area contributed by atoms with Crippen LogP contribution in [-0.4, -0.2) is 256 Å². The fraction of sp³-hybridized carbons (Fsp3) is 0.750. The van der Waals surface area contributed by atoms with Gasteiger partial charge in [-0.05, 0) is 215 Å². The number of thioether (sulfide) groups is 2. The van der Waals surface area contributed by atoms with Crippen molar-refractivity contribution >= 4 is 141 Å². The molecule has 0 spiro atoms. The largest absolute Gasteiger partial charge is 0.508 e. The highest BCUT2D eigenvalue weighted by Gasteiger charge is 2.40. The number of aliphatic hydroxyl groups excluding tert-OH is 2. The SMILES string of the molecule is CCCCCCCCCCCCCCCC(=O)N[C@@H](CCSC)C(=O)NCC(=O)C[C@@H](CCC(N)=O)C(=O)N[C@@H](CCCCN)C(=O)C[C@@H](CCCCN)C(=O)N[C@@H](CC(C)C)C(C)=O.CC[C@@H](CCCN=C(N)N)C(=O)N[C@@H](CO)C(=O)C[C@@H](CCSC)C(=O)N[C@H](C(=O)C[C@@H](CC(=O)O)C(=O)N[C@@H](CCCCN)C(=O)C[C@@H](Cc1ccc(O)cc1)C(=O)N[C@H](CCCN=C(N)N)C(=O)C[C@@H](CC(C)C)C(N)=O)[C@@H](C)O. The molecule has 1 aromatic carbocycles. The molecular weight excluding hydrogens is 1930 g/mol. The van der Waals surface area contributed by atoms with E-state index in [-0.39, 0.29) is 144 Å². The van der Waals surface area contributed by atoms with Gasteiger partial charge in [0.2, 0.25) is 59.1 Å². The van der Waals surface area contributed by atoms with Gasteiger partial charge in [-0.2, -0.15) is 23.5 Å². The lowest BCUT2D eigenvalue weighted by Gasteiger charge is -2.27. The number of carbonyl (C=O) groups excluding carboxylic acids is 17. The van der Waals surface area contributed by atoms with Crippen LogP contribution in [0.4, 0.5) is 0 Å². The molecule has 0 aliphatic heterocycles. The molecular formula is C104H183N19O22S2. The molecule has 30 N–H and O–H groups in total. The highest BCUT2D eigenvalue weighted by Crippen LogP contribution is 2.27. The van der Waals surface area contributed by atoms with Gasteiger partial charge in [0, 0.05) is 100.0 Å². The van der Waals surface area contributed by atoms with Crippen LogP contribution in [0.2, 0.25) is 0 Å². The van der Waals surface area contributed by atoms with E-state index in [2.05, 4.69) is 59.4 Å². The Balaban J connectivity index is 0.00000298. The minimum Gasteiger partial charge on any atom is -0.508 e. The van der Waals surface area contributed by atoms with Gasteiger partial charge in [-0.25, -0.2) is 0 Å². The van der Waals surface area contributed by atoms with E-state index in [0.29, 0.717) is 114 Å². The lowest BCUT2D eigenvalue weighted by Crippen LogP contribution is -2.52. The molecule has 1 aromatic rings. The summed E-state index contributed by atoms with van der Waals surface area (Å²) in [6.45, 7) is 14.4. The first-order valence-electron chi connectivity index (χ1n) is 52.9. The molecule has 0 unspecified atom stereocenters. The number of nitrogens with zero attached hydrogens (tertiary/aromatic N) is 2. The maximum Gasteiger partial charge on any atom is 0.304 e. The van der Waals surface area contributed by atoms with Crippen LogP contribution < -0.4 is 94.1 Å². The highest BCUT2D eigenvalue weighted by atomic mass is 32.2. The van der Waals surface area contributed by atoms with Crippen molar-refractivity contribution in [1.29, 1.82) is 0 Å². The van der Waals surface area contributed by atoms with Crippen molar-refractivity contribution in [3.63, 3.8) is 0 Å². The summed E-state index contributed by atoms with van der Waals surface area (Å²) in [6, 6.07) is -2.38. The van der Waals surface area contributed by atoms with Crippen molar-refractivity contribution in [2.75, 3.05) is 69.9 Å². The molecule has 10 amide bonds. The summed E-state index contributed by atoms with van der Waals surface area (Å²) in [4.78, 5) is 249. The zero-order chi connectivity index (χ0) is 111. The zero-order valence-corrected chi connectivity index (χ0v) is 90.9. The van der Waals surface area contributed by atoms with Crippen LogP contribution in [0, 0.1) is 53.3 Å². The van der Waals surface area contributed by atoms with E-state index in [1.807, 2.05) is 34.0 Å². The highest BCUT2D eigenvalue weighted by molar-refractivity contribution is 7.98. The first-order chi connectivity index (χ1) is 69.8. The third-order valence-corrected chi connectivity index (χ3v) is 26.8. The maximum absolute atomic E-state index is 14.5. The quantitative estimate of drug-likeness (QED) is 0.0212. The number of carboxylic acid groups (broad SMARTS) is 1. The summed E-state index contributed by atoms with van der Waals surface area (Å²) >= 11 is 2.88. The average molecular weight is 2120 g/mol. The summed E-state index contributed by atoms with van der Waals surface area (Å²) in [5.74, 6) is -18.1. The Morgan fingerprint density at radius 2 is 0.789 bits per heavy atom. The third-order valence-electron chi connectivity index (χ3n) is 25.6. The second kappa shape index (κ2) is 81.8. The first kappa shape index (κ1) is 137. The summed E-state index contributed by atoms with van der Waals surface area (Å²) in [5.41, 5.74) is 50.6. The lowest BCUT2D eigenvalue weighted by molar-refractivity contribution is -0.143. The number of amides is 10. The van der Waals surface area contributed by atoms with Crippen molar-refractivity contribution in [3.05, 3.63) is 29.8 Å². The minimum atomic E-state index is -1.72. The number of carboxylic acids is 1. The lowest BCUT2D eigenvalue weighted by atomic mass is 9.87. The molecule has 838 valence electrons. The monoisotopic (exact) mass is 2110 g/mol. The van der Waals surface area contributed by atoms with Gasteiger partial charge in [0.25, 0.3) is 0 Å². The van der Waals surface area contributed by atoms with Crippen LogP contribution >= 0.6 is 23.5 Å². The number of benzene rings is 1. The summed E-state index contributed by atoms with van der Waals surface area (Å²) < 4.78 is 0. The molecule has 0 saturated heterocycles. The van der Waals surface area contributed by atoms with Crippen LogP contribution in [0.5, 0.6) is 5.75 Å². The predicted octanol–water partition coefficient (Wildman–Crippen LogP) is 5.67. The van der Waals surface area contributed by atoms with Gasteiger partial charge in [-0.15, -0.1) is 0 Å². The second-order valence-corrected chi connectivity index (χ2v) is 41.5. The van der Waals surface area contributed by atoms with Gasteiger partial charge in [0.15, 0.2) is 52.4 Å². The van der Waals surface area contributed by atoms with Crippen LogP contribution in [0.15, 0.2) is 34.3 Å². The van der Waals surface area contributed by atoms with Gasteiger partial charge in [-0.3, -0.25) is 96.3 Å². The normalized spacial score (nSPS) is 14.3. The standard InChI is InChI=1S/C55H92N12O14S.C49H91N7O8S/c1-6-34(11-9-20-62-54(58)59)50(78)66-42(30-68)45(73)25-35(18-22-82-5)51(79)67-48(32(4)69)46(74)28-38(29-47(75)76)53(81)64-40(12-7-8-19-56)44(72)27-37(24-33-14-16-39(70)17-15-33)52(80)65-41(13-10-21-63-55(60)61)43(71)26-36(49(57)77)23-31(2)3;1-6-7-8-9-10-11-12-13-14-15-16-17-18-25-46(61)54-42(28-31-65-5)49(64)53-35-40(58)33-39(26-27-45(52)60)48(63)55-41(24-20-22-30-51)44(59)34-38(23-19-21-29-50)47(62)56-43(37(4)57)32-36(2)3/h14-17,31-32,34-38,40-42,48,68-70H,6-13,18-30,56H2,1-5H3,(H2,57,77)(H,64,81)(H,65,80)(H,66,78)(H,67,79)(H,75,76)(H4,58,59,62)(H4,60,61,63);36,38-39,41-43H,6-35,50-51H2,1-5H3,(H2,52,60)(H,53,64)(H,54,61)(H,55,63)(H,56,62)/t32-,34+,35-,36-,37-,38+,40+,41-,42+,48+;38-,39-,41+,42+,43+/m11/s1. The van der Waals surface area contributed by atoms with E-state index in [1.54, 1.807) is 13.2 Å². The molecule has 0 bridgehead atoms. The van der Waals surface area contributed by atoms with Crippen molar-refractivity contribution < 1.29 is 107 Å².